The molecule has 2 aromatic rings. The molecule has 0 saturated carbocycles. The summed E-state index contributed by atoms with van der Waals surface area (Å²) in [6, 6.07) is 7.76. The fourth-order valence-corrected chi connectivity index (χ4v) is 1.60. The van der Waals surface area contributed by atoms with Crippen molar-refractivity contribution >= 4 is 11.0 Å². The van der Waals surface area contributed by atoms with Gasteiger partial charge in [0, 0.05) is 13.1 Å². The van der Waals surface area contributed by atoms with Crippen LogP contribution in [0.25, 0.3) is 11.0 Å². The van der Waals surface area contributed by atoms with Crippen LogP contribution < -0.4 is 5.32 Å². The van der Waals surface area contributed by atoms with E-state index < -0.39 is 6.43 Å². The molecule has 0 unspecified atom stereocenters. The number of benzene rings is 1. The molecule has 5 heteroatoms. The first-order chi connectivity index (χ1) is 7.77. The van der Waals surface area contributed by atoms with Gasteiger partial charge in [-0.1, -0.05) is 12.1 Å². The molecule has 0 amide bonds. The Bertz CT molecular complexity index is 453. The summed E-state index contributed by atoms with van der Waals surface area (Å²) in [6.45, 7) is 0.907. The molecule has 86 valence electrons. The Balaban J connectivity index is 1.94. The van der Waals surface area contributed by atoms with Gasteiger partial charge >= 0.3 is 0 Å². The van der Waals surface area contributed by atoms with E-state index in [0.29, 0.717) is 13.1 Å². The molecule has 0 saturated heterocycles. The number of para-hydroxylation sites is 2. The van der Waals surface area contributed by atoms with Crippen molar-refractivity contribution in [3.63, 3.8) is 0 Å². The fraction of sp³-hybridized carbons (Fsp3) is 0.364. The molecular formula is C11H13F2N3. The molecule has 1 N–H and O–H groups in total. The lowest BCUT2D eigenvalue weighted by Crippen LogP contribution is -2.25. The molecule has 0 spiro atoms. The summed E-state index contributed by atoms with van der Waals surface area (Å²) in [7, 11) is 0. The maximum Gasteiger partial charge on any atom is 0.250 e. The molecule has 0 fully saturated rings. The normalized spacial score (nSPS) is 11.4. The van der Waals surface area contributed by atoms with Gasteiger partial charge in [-0.25, -0.2) is 13.8 Å². The molecule has 1 aromatic heterocycles. The molecule has 3 nitrogen and oxygen atoms in total. The summed E-state index contributed by atoms with van der Waals surface area (Å²) in [5, 5.41) is 2.69. The molecule has 0 bridgehead atoms. The van der Waals surface area contributed by atoms with Crippen molar-refractivity contribution < 1.29 is 8.78 Å². The summed E-state index contributed by atoms with van der Waals surface area (Å²) in [5.74, 6) is 0. The minimum absolute atomic E-state index is 0.257. The van der Waals surface area contributed by atoms with Gasteiger partial charge in [0.25, 0.3) is 6.43 Å². The number of fused-ring (bicyclic) bond motifs is 1. The largest absolute Gasteiger partial charge is 0.329 e. The van der Waals surface area contributed by atoms with Crippen LogP contribution in [0.15, 0.2) is 30.6 Å². The van der Waals surface area contributed by atoms with Crippen molar-refractivity contribution in [1.82, 2.24) is 14.9 Å². The second-order valence-corrected chi connectivity index (χ2v) is 3.52. The maximum absolute atomic E-state index is 11.9. The quantitative estimate of drug-likeness (QED) is 0.787. The van der Waals surface area contributed by atoms with Gasteiger partial charge in [0.05, 0.1) is 23.9 Å². The van der Waals surface area contributed by atoms with Gasteiger partial charge in [-0.3, -0.25) is 0 Å². The van der Waals surface area contributed by atoms with Gasteiger partial charge in [0.2, 0.25) is 0 Å². The highest BCUT2D eigenvalue weighted by Gasteiger charge is 2.02. The number of alkyl halides is 2. The van der Waals surface area contributed by atoms with Crippen LogP contribution in [-0.2, 0) is 6.54 Å². The van der Waals surface area contributed by atoms with Crippen molar-refractivity contribution in [2.24, 2.45) is 0 Å². The summed E-state index contributed by atoms with van der Waals surface area (Å²) < 4.78 is 25.7. The Kier molecular flexibility index (Phi) is 3.46. The summed E-state index contributed by atoms with van der Waals surface area (Å²) >= 11 is 0. The molecule has 0 aliphatic carbocycles. The summed E-state index contributed by atoms with van der Waals surface area (Å²) in [6.07, 6.45) is -0.561. The van der Waals surface area contributed by atoms with Gasteiger partial charge in [0.15, 0.2) is 0 Å². The average Bonchev–Trinajstić information content (AvgIpc) is 2.68. The average molecular weight is 225 g/mol. The van der Waals surface area contributed by atoms with Crippen molar-refractivity contribution in [3.8, 4) is 0 Å². The predicted molar refractivity (Wildman–Crippen MR) is 58.6 cm³/mol. The van der Waals surface area contributed by atoms with Gasteiger partial charge in [-0.05, 0) is 12.1 Å². The summed E-state index contributed by atoms with van der Waals surface area (Å²) in [5.41, 5.74) is 1.96. The summed E-state index contributed by atoms with van der Waals surface area (Å²) in [4.78, 5) is 4.22. The van der Waals surface area contributed by atoms with Crippen LogP contribution in [0, 0.1) is 0 Å². The zero-order valence-corrected chi connectivity index (χ0v) is 8.74. The Hall–Kier alpha value is -1.49. The number of rotatable bonds is 5. The van der Waals surface area contributed by atoms with Gasteiger partial charge in [-0.15, -0.1) is 0 Å². The zero-order chi connectivity index (χ0) is 11.4. The highest BCUT2D eigenvalue weighted by Crippen LogP contribution is 2.10. The highest BCUT2D eigenvalue weighted by molar-refractivity contribution is 5.74. The molecule has 2 rings (SSSR count). The number of halogens is 2. The third kappa shape index (κ3) is 2.55. The Morgan fingerprint density at radius 1 is 1.31 bits per heavy atom. The topological polar surface area (TPSA) is 29.9 Å². The zero-order valence-electron chi connectivity index (χ0n) is 8.74. The minimum Gasteiger partial charge on any atom is -0.329 e. The van der Waals surface area contributed by atoms with E-state index in [2.05, 4.69) is 10.3 Å². The minimum atomic E-state index is -2.29. The van der Waals surface area contributed by atoms with E-state index in [4.69, 9.17) is 0 Å². The van der Waals surface area contributed by atoms with E-state index >= 15 is 0 Å². The van der Waals surface area contributed by atoms with E-state index in [9.17, 15) is 8.78 Å². The van der Waals surface area contributed by atoms with Crippen molar-refractivity contribution in [1.29, 1.82) is 0 Å². The molecule has 1 heterocycles. The van der Waals surface area contributed by atoms with Crippen molar-refractivity contribution in [2.45, 2.75) is 13.0 Å². The van der Waals surface area contributed by atoms with Crippen LogP contribution in [0.1, 0.15) is 0 Å². The molecule has 0 radical (unpaired) electrons. The third-order valence-corrected chi connectivity index (χ3v) is 2.36. The first-order valence-corrected chi connectivity index (χ1v) is 5.16. The Labute approximate surface area is 92.1 Å². The fourth-order valence-electron chi connectivity index (χ4n) is 1.60. The molecule has 16 heavy (non-hydrogen) atoms. The van der Waals surface area contributed by atoms with Crippen LogP contribution in [0.2, 0.25) is 0 Å². The van der Waals surface area contributed by atoms with Crippen LogP contribution in [0.5, 0.6) is 0 Å². The Morgan fingerprint density at radius 3 is 2.94 bits per heavy atom. The predicted octanol–water partition coefficient (Wildman–Crippen LogP) is 1.89. The lowest BCUT2D eigenvalue weighted by molar-refractivity contribution is 0.146. The number of hydrogen-bond acceptors (Lipinski definition) is 2. The SMILES string of the molecule is FC(F)CNCCn1cnc2ccccc21. The number of hydrogen-bond donors (Lipinski definition) is 1. The van der Waals surface area contributed by atoms with Crippen LogP contribution >= 0.6 is 0 Å². The van der Waals surface area contributed by atoms with Gasteiger partial charge in [0.1, 0.15) is 0 Å². The lowest BCUT2D eigenvalue weighted by Gasteiger charge is -2.05. The maximum atomic E-state index is 11.9. The molecule has 0 aliphatic rings. The number of nitrogens with zero attached hydrogens (tertiary/aromatic N) is 2. The van der Waals surface area contributed by atoms with Crippen LogP contribution in [0.3, 0.4) is 0 Å². The van der Waals surface area contributed by atoms with E-state index in [1.165, 1.54) is 0 Å². The monoisotopic (exact) mass is 225 g/mol. The van der Waals surface area contributed by atoms with Crippen molar-refractivity contribution in [3.05, 3.63) is 30.6 Å². The molecule has 0 aliphatic heterocycles. The second kappa shape index (κ2) is 5.03. The number of imidazole rings is 1. The Morgan fingerprint density at radius 2 is 2.12 bits per heavy atom. The second-order valence-electron chi connectivity index (χ2n) is 3.52. The van der Waals surface area contributed by atoms with E-state index in [-0.39, 0.29) is 6.54 Å². The molecular weight excluding hydrogens is 212 g/mol. The highest BCUT2D eigenvalue weighted by atomic mass is 19.3. The molecule has 1 aromatic carbocycles. The van der Waals surface area contributed by atoms with E-state index in [1.54, 1.807) is 6.33 Å². The van der Waals surface area contributed by atoms with Gasteiger partial charge < -0.3 is 9.88 Å². The third-order valence-electron chi connectivity index (χ3n) is 2.36. The smallest absolute Gasteiger partial charge is 0.250 e. The standard InChI is InChI=1S/C11H13F2N3/c12-11(13)7-14-5-6-16-8-15-9-3-1-2-4-10(9)16/h1-4,8,11,14H,5-7H2. The van der Waals surface area contributed by atoms with E-state index in [0.717, 1.165) is 11.0 Å². The van der Waals surface area contributed by atoms with Crippen LogP contribution in [-0.4, -0.2) is 29.1 Å². The first kappa shape index (κ1) is 11.0. The van der Waals surface area contributed by atoms with E-state index in [1.807, 2.05) is 28.8 Å². The van der Waals surface area contributed by atoms with Gasteiger partial charge in [-0.2, -0.15) is 0 Å². The van der Waals surface area contributed by atoms with Crippen molar-refractivity contribution in [2.75, 3.05) is 13.1 Å². The number of nitrogens with one attached hydrogen (secondary N) is 1. The first-order valence-electron chi connectivity index (χ1n) is 5.16. The number of aromatic nitrogens is 2. The molecule has 0 atom stereocenters. The lowest BCUT2D eigenvalue weighted by atomic mass is 10.3. The van der Waals surface area contributed by atoms with Crippen LogP contribution in [0.4, 0.5) is 8.78 Å².